The van der Waals surface area contributed by atoms with Gasteiger partial charge in [0.1, 0.15) is 16.4 Å². The van der Waals surface area contributed by atoms with Gasteiger partial charge in [-0.25, -0.2) is 9.37 Å². The molecule has 30 heavy (non-hydrogen) atoms. The summed E-state index contributed by atoms with van der Waals surface area (Å²) in [6.07, 6.45) is 4.87. The number of pyridine rings is 1. The van der Waals surface area contributed by atoms with Crippen LogP contribution >= 0.6 is 11.3 Å². The Bertz CT molecular complexity index is 957. The molecule has 0 unspecified atom stereocenters. The van der Waals surface area contributed by atoms with Crippen molar-refractivity contribution in [3.63, 3.8) is 0 Å². The highest BCUT2D eigenvalue weighted by atomic mass is 32.1. The van der Waals surface area contributed by atoms with E-state index >= 15 is 0 Å². The third kappa shape index (κ3) is 5.10. The molecule has 7 heteroatoms. The molecule has 5 nitrogen and oxygen atoms in total. The minimum Gasteiger partial charge on any atom is -0.383 e. The van der Waals surface area contributed by atoms with Crippen molar-refractivity contribution >= 4 is 11.3 Å². The molecular weight excluding hydrogens is 399 g/mol. The molecular formula is C23H27FN4OS. The van der Waals surface area contributed by atoms with Crippen molar-refractivity contribution in [1.82, 2.24) is 19.8 Å². The molecule has 1 N–H and O–H groups in total. The van der Waals surface area contributed by atoms with Crippen molar-refractivity contribution < 1.29 is 9.50 Å². The summed E-state index contributed by atoms with van der Waals surface area (Å²) in [5.74, 6) is -0.169. The zero-order chi connectivity index (χ0) is 21.0. The lowest BCUT2D eigenvalue weighted by Crippen LogP contribution is -2.42. The van der Waals surface area contributed by atoms with E-state index in [1.807, 2.05) is 29.8 Å². The number of nitrogens with zero attached hydrogens (tertiary/aromatic N) is 4. The second-order valence-corrected chi connectivity index (χ2v) is 9.00. The Balaban J connectivity index is 1.32. The standard InChI is InChI=1S/C23H27FN4OS/c1-27(14-18-5-4-10-25-13-18)16-22-26-21(17-30-22)23(29)8-11-28(12-9-23)15-19-6-2-3-7-20(19)24/h2-7,10,13,17,29H,8-9,11-12,14-16H2,1H3. The molecule has 0 radical (unpaired) electrons. The molecule has 1 aliphatic rings. The van der Waals surface area contributed by atoms with E-state index in [-0.39, 0.29) is 5.82 Å². The highest BCUT2D eigenvalue weighted by molar-refractivity contribution is 7.09. The lowest BCUT2D eigenvalue weighted by molar-refractivity contribution is -0.0309. The van der Waals surface area contributed by atoms with Gasteiger partial charge in [-0.3, -0.25) is 14.8 Å². The lowest BCUT2D eigenvalue weighted by atomic mass is 9.88. The first-order valence-electron chi connectivity index (χ1n) is 10.2. The van der Waals surface area contributed by atoms with Crippen molar-refractivity contribution in [2.24, 2.45) is 0 Å². The predicted molar refractivity (Wildman–Crippen MR) is 116 cm³/mol. The Kier molecular flexibility index (Phi) is 6.53. The molecule has 1 aromatic carbocycles. The lowest BCUT2D eigenvalue weighted by Gasteiger charge is -2.37. The Morgan fingerprint density at radius 2 is 1.97 bits per heavy atom. The predicted octanol–water partition coefficient (Wildman–Crippen LogP) is 3.79. The number of thiazole rings is 1. The fraction of sp³-hybridized carbons (Fsp3) is 0.391. The van der Waals surface area contributed by atoms with Gasteiger partial charge in [0.25, 0.3) is 0 Å². The summed E-state index contributed by atoms with van der Waals surface area (Å²) in [6, 6.07) is 10.9. The van der Waals surface area contributed by atoms with Crippen molar-refractivity contribution in [3.05, 3.63) is 81.8 Å². The Labute approximate surface area is 180 Å². The van der Waals surface area contributed by atoms with Gasteiger partial charge >= 0.3 is 0 Å². The number of hydrogen-bond acceptors (Lipinski definition) is 6. The zero-order valence-corrected chi connectivity index (χ0v) is 18.0. The molecule has 1 saturated heterocycles. The largest absolute Gasteiger partial charge is 0.383 e. The van der Waals surface area contributed by atoms with Gasteiger partial charge in [-0.1, -0.05) is 24.3 Å². The number of benzene rings is 1. The maximum Gasteiger partial charge on any atom is 0.127 e. The monoisotopic (exact) mass is 426 g/mol. The van der Waals surface area contributed by atoms with Gasteiger partial charge in [-0.15, -0.1) is 11.3 Å². The molecule has 158 valence electrons. The summed E-state index contributed by atoms with van der Waals surface area (Å²) in [6.45, 7) is 3.55. The average molecular weight is 427 g/mol. The van der Waals surface area contributed by atoms with Crippen molar-refractivity contribution in [2.75, 3.05) is 20.1 Å². The van der Waals surface area contributed by atoms with Crippen LogP contribution in [0.3, 0.4) is 0 Å². The number of hydrogen-bond donors (Lipinski definition) is 1. The SMILES string of the molecule is CN(Cc1cccnc1)Cc1nc(C2(O)CCN(Cc3ccccc3F)CC2)cs1. The number of aliphatic hydroxyl groups is 1. The maximum atomic E-state index is 13.9. The number of halogens is 1. The molecule has 0 atom stereocenters. The second-order valence-electron chi connectivity index (χ2n) is 8.06. The van der Waals surface area contributed by atoms with E-state index in [0.717, 1.165) is 42.4 Å². The molecule has 4 rings (SSSR count). The smallest absolute Gasteiger partial charge is 0.127 e. The molecule has 1 aliphatic heterocycles. The summed E-state index contributed by atoms with van der Waals surface area (Å²) in [5.41, 5.74) is 1.73. The van der Waals surface area contributed by atoms with E-state index in [2.05, 4.69) is 27.9 Å². The summed E-state index contributed by atoms with van der Waals surface area (Å²) in [4.78, 5) is 13.3. The van der Waals surface area contributed by atoms with Gasteiger partial charge in [0.2, 0.25) is 0 Å². The van der Waals surface area contributed by atoms with E-state index in [9.17, 15) is 9.50 Å². The molecule has 0 saturated carbocycles. The first kappa shape index (κ1) is 21.1. The molecule has 0 bridgehead atoms. The van der Waals surface area contributed by atoms with Gasteiger partial charge in [-0.05, 0) is 37.6 Å². The van der Waals surface area contributed by atoms with Gasteiger partial charge in [0.15, 0.2) is 0 Å². The van der Waals surface area contributed by atoms with Crippen LogP contribution in [0.15, 0.2) is 54.2 Å². The zero-order valence-electron chi connectivity index (χ0n) is 17.2. The van der Waals surface area contributed by atoms with Crippen LogP contribution in [0.25, 0.3) is 0 Å². The Hall–Kier alpha value is -2.19. The Morgan fingerprint density at radius 3 is 2.70 bits per heavy atom. The van der Waals surface area contributed by atoms with Crippen molar-refractivity contribution in [1.29, 1.82) is 0 Å². The van der Waals surface area contributed by atoms with E-state index in [1.165, 1.54) is 6.07 Å². The highest BCUT2D eigenvalue weighted by Crippen LogP contribution is 2.34. The van der Waals surface area contributed by atoms with E-state index in [4.69, 9.17) is 4.98 Å². The number of piperidine rings is 1. The van der Waals surface area contributed by atoms with Crippen LogP contribution < -0.4 is 0 Å². The average Bonchev–Trinajstić information content (AvgIpc) is 3.21. The number of rotatable bonds is 7. The van der Waals surface area contributed by atoms with Crippen LogP contribution in [-0.4, -0.2) is 45.0 Å². The summed E-state index contributed by atoms with van der Waals surface area (Å²) < 4.78 is 13.9. The molecule has 0 spiro atoms. The van der Waals surface area contributed by atoms with Crippen LogP contribution in [-0.2, 0) is 25.2 Å². The van der Waals surface area contributed by atoms with Crippen LogP contribution in [0, 0.1) is 5.82 Å². The van der Waals surface area contributed by atoms with Crippen molar-refractivity contribution in [3.8, 4) is 0 Å². The summed E-state index contributed by atoms with van der Waals surface area (Å²) >= 11 is 1.59. The van der Waals surface area contributed by atoms with Crippen LogP contribution in [0.5, 0.6) is 0 Å². The summed E-state index contributed by atoms with van der Waals surface area (Å²) in [7, 11) is 2.06. The van der Waals surface area contributed by atoms with E-state index in [0.29, 0.717) is 24.9 Å². The molecule has 0 aliphatic carbocycles. The normalized spacial score (nSPS) is 16.8. The van der Waals surface area contributed by atoms with Gasteiger partial charge in [0, 0.05) is 49.5 Å². The molecule has 2 aromatic heterocycles. The third-order valence-electron chi connectivity index (χ3n) is 5.64. The minimum absolute atomic E-state index is 0.169. The minimum atomic E-state index is -0.900. The molecule has 1 fully saturated rings. The van der Waals surface area contributed by atoms with Gasteiger partial charge in [0.05, 0.1) is 12.2 Å². The summed E-state index contributed by atoms with van der Waals surface area (Å²) in [5, 5.41) is 14.2. The van der Waals surface area contributed by atoms with Crippen molar-refractivity contribution in [2.45, 2.75) is 38.1 Å². The maximum absolute atomic E-state index is 13.9. The van der Waals surface area contributed by atoms with E-state index < -0.39 is 5.60 Å². The number of aromatic nitrogens is 2. The Morgan fingerprint density at radius 1 is 1.17 bits per heavy atom. The molecule has 3 heterocycles. The second kappa shape index (κ2) is 9.31. The topological polar surface area (TPSA) is 52.5 Å². The molecule has 3 aromatic rings. The first-order valence-corrected chi connectivity index (χ1v) is 11.1. The van der Waals surface area contributed by atoms with Gasteiger partial charge < -0.3 is 5.11 Å². The van der Waals surface area contributed by atoms with Crippen LogP contribution in [0.4, 0.5) is 4.39 Å². The molecule has 0 amide bonds. The first-order chi connectivity index (χ1) is 14.5. The number of likely N-dealkylation sites (tertiary alicyclic amines) is 1. The fourth-order valence-corrected chi connectivity index (χ4v) is 4.86. The highest BCUT2D eigenvalue weighted by Gasteiger charge is 2.36. The van der Waals surface area contributed by atoms with Crippen LogP contribution in [0.1, 0.15) is 34.7 Å². The van der Waals surface area contributed by atoms with E-state index in [1.54, 1.807) is 23.6 Å². The quantitative estimate of drug-likeness (QED) is 0.623. The van der Waals surface area contributed by atoms with Gasteiger partial charge in [-0.2, -0.15) is 0 Å². The van der Waals surface area contributed by atoms with Crippen LogP contribution in [0.2, 0.25) is 0 Å². The fourth-order valence-electron chi connectivity index (χ4n) is 3.89. The third-order valence-corrected chi connectivity index (χ3v) is 6.48.